The number of nitrogens with zero attached hydrogens (tertiary/aromatic N) is 4. The van der Waals surface area contributed by atoms with E-state index in [1.165, 1.54) is 5.56 Å². The first-order valence-corrected chi connectivity index (χ1v) is 9.61. The molecular formula is C21H33N5O2. The van der Waals surface area contributed by atoms with E-state index in [1.807, 2.05) is 31.6 Å². The lowest BCUT2D eigenvalue weighted by atomic mass is 10.1. The van der Waals surface area contributed by atoms with Crippen molar-refractivity contribution in [1.29, 1.82) is 0 Å². The van der Waals surface area contributed by atoms with Crippen LogP contribution in [0.5, 0.6) is 11.5 Å². The number of likely N-dealkylation sites (N-methyl/N-ethyl adjacent to an activating group) is 1. The number of methoxy groups -OCH3 is 2. The number of hydrogen-bond acceptors (Lipinski definition) is 4. The standard InChI is InChI=1S/C21H33N5O2/c1-16(2)15-26-12-10-23-20(26)14-24-21(22-3)25(4)11-9-17-7-8-18(27-5)19(13-17)28-6/h7-8,10,12-13,16H,9,11,14-15H2,1-6H3,(H,22,24). The Bertz CT molecular complexity index is 770. The number of hydrogen-bond donors (Lipinski definition) is 1. The summed E-state index contributed by atoms with van der Waals surface area (Å²) in [6.07, 6.45) is 4.75. The molecule has 1 aromatic heterocycles. The van der Waals surface area contributed by atoms with Gasteiger partial charge in [0.1, 0.15) is 5.82 Å². The highest BCUT2D eigenvalue weighted by atomic mass is 16.5. The van der Waals surface area contributed by atoms with Gasteiger partial charge in [0, 0.05) is 39.6 Å². The number of guanidine groups is 1. The molecule has 7 heteroatoms. The van der Waals surface area contributed by atoms with E-state index in [2.05, 4.69) is 44.7 Å². The quantitative estimate of drug-likeness (QED) is 0.529. The SMILES string of the molecule is CN=C(NCc1nccn1CC(C)C)N(C)CCc1ccc(OC)c(OC)c1. The van der Waals surface area contributed by atoms with Gasteiger partial charge in [0.25, 0.3) is 0 Å². The molecule has 0 aliphatic carbocycles. The van der Waals surface area contributed by atoms with Gasteiger partial charge in [-0.25, -0.2) is 4.98 Å². The van der Waals surface area contributed by atoms with Crippen LogP contribution in [0.4, 0.5) is 0 Å². The molecule has 0 unspecified atom stereocenters. The van der Waals surface area contributed by atoms with Crippen LogP contribution < -0.4 is 14.8 Å². The lowest BCUT2D eigenvalue weighted by Gasteiger charge is -2.22. The maximum Gasteiger partial charge on any atom is 0.193 e. The third kappa shape index (κ3) is 5.90. The molecule has 2 rings (SSSR count). The topological polar surface area (TPSA) is 63.9 Å². The van der Waals surface area contributed by atoms with Crippen LogP contribution in [-0.4, -0.2) is 55.3 Å². The highest BCUT2D eigenvalue weighted by molar-refractivity contribution is 5.79. The Labute approximate surface area is 168 Å². The van der Waals surface area contributed by atoms with Crippen LogP contribution in [0.1, 0.15) is 25.2 Å². The number of nitrogens with one attached hydrogen (secondary N) is 1. The lowest BCUT2D eigenvalue weighted by Crippen LogP contribution is -2.40. The number of benzene rings is 1. The van der Waals surface area contributed by atoms with E-state index in [0.717, 1.165) is 42.8 Å². The van der Waals surface area contributed by atoms with E-state index in [9.17, 15) is 0 Å². The Morgan fingerprint density at radius 3 is 2.64 bits per heavy atom. The van der Waals surface area contributed by atoms with Crippen molar-refractivity contribution in [3.05, 3.63) is 42.0 Å². The maximum atomic E-state index is 5.39. The van der Waals surface area contributed by atoms with E-state index in [-0.39, 0.29) is 0 Å². The molecule has 28 heavy (non-hydrogen) atoms. The monoisotopic (exact) mass is 387 g/mol. The summed E-state index contributed by atoms with van der Waals surface area (Å²) in [4.78, 5) is 11.0. The zero-order chi connectivity index (χ0) is 20.5. The molecule has 1 aromatic carbocycles. The van der Waals surface area contributed by atoms with Crippen molar-refractivity contribution in [3.63, 3.8) is 0 Å². The Hall–Kier alpha value is -2.70. The largest absolute Gasteiger partial charge is 0.493 e. The van der Waals surface area contributed by atoms with Crippen molar-refractivity contribution in [2.75, 3.05) is 34.9 Å². The number of aliphatic imine (C=N–C) groups is 1. The first-order chi connectivity index (χ1) is 13.5. The van der Waals surface area contributed by atoms with Gasteiger partial charge in [0.15, 0.2) is 17.5 Å². The van der Waals surface area contributed by atoms with Crippen molar-refractivity contribution in [3.8, 4) is 11.5 Å². The molecule has 0 saturated carbocycles. The third-order valence-electron chi connectivity index (χ3n) is 4.53. The zero-order valence-corrected chi connectivity index (χ0v) is 17.9. The fourth-order valence-electron chi connectivity index (χ4n) is 3.05. The molecule has 0 radical (unpaired) electrons. The molecule has 1 N–H and O–H groups in total. The van der Waals surface area contributed by atoms with E-state index in [0.29, 0.717) is 12.5 Å². The second kappa shape index (κ2) is 10.6. The molecule has 0 atom stereocenters. The van der Waals surface area contributed by atoms with Crippen LogP contribution in [0.2, 0.25) is 0 Å². The number of aromatic nitrogens is 2. The predicted molar refractivity (Wildman–Crippen MR) is 113 cm³/mol. The molecule has 7 nitrogen and oxygen atoms in total. The van der Waals surface area contributed by atoms with Crippen LogP contribution in [-0.2, 0) is 19.5 Å². The molecule has 2 aromatic rings. The minimum Gasteiger partial charge on any atom is -0.493 e. The minimum absolute atomic E-state index is 0.580. The number of rotatable bonds is 9. The average molecular weight is 388 g/mol. The molecule has 1 heterocycles. The van der Waals surface area contributed by atoms with Crippen molar-refractivity contribution in [2.24, 2.45) is 10.9 Å². The van der Waals surface area contributed by atoms with Gasteiger partial charge >= 0.3 is 0 Å². The van der Waals surface area contributed by atoms with E-state index < -0.39 is 0 Å². The lowest BCUT2D eigenvalue weighted by molar-refractivity contribution is 0.354. The summed E-state index contributed by atoms with van der Waals surface area (Å²) in [6.45, 7) is 6.85. The fourth-order valence-corrected chi connectivity index (χ4v) is 3.05. The summed E-state index contributed by atoms with van der Waals surface area (Å²) in [5, 5.41) is 3.41. The first-order valence-electron chi connectivity index (χ1n) is 9.61. The van der Waals surface area contributed by atoms with Gasteiger partial charge in [-0.1, -0.05) is 19.9 Å². The Morgan fingerprint density at radius 1 is 1.25 bits per heavy atom. The van der Waals surface area contributed by atoms with Crippen LogP contribution in [0.3, 0.4) is 0 Å². The van der Waals surface area contributed by atoms with Crippen LogP contribution >= 0.6 is 0 Å². The van der Waals surface area contributed by atoms with Gasteiger partial charge in [0.05, 0.1) is 20.8 Å². The molecule has 0 spiro atoms. The minimum atomic E-state index is 0.580. The second-order valence-corrected chi connectivity index (χ2v) is 7.15. The van der Waals surface area contributed by atoms with Gasteiger partial charge in [-0.3, -0.25) is 4.99 Å². The Morgan fingerprint density at radius 2 is 2.00 bits per heavy atom. The smallest absolute Gasteiger partial charge is 0.193 e. The zero-order valence-electron chi connectivity index (χ0n) is 17.9. The molecule has 0 fully saturated rings. The summed E-state index contributed by atoms with van der Waals surface area (Å²) in [6, 6.07) is 6.02. The third-order valence-corrected chi connectivity index (χ3v) is 4.53. The summed E-state index contributed by atoms with van der Waals surface area (Å²) in [7, 11) is 7.14. The molecule has 154 valence electrons. The number of ether oxygens (including phenoxy) is 2. The van der Waals surface area contributed by atoms with Crippen molar-refractivity contribution in [1.82, 2.24) is 19.8 Å². The fraction of sp³-hybridized carbons (Fsp3) is 0.524. The van der Waals surface area contributed by atoms with Gasteiger partial charge in [-0.15, -0.1) is 0 Å². The molecule has 0 aliphatic heterocycles. The average Bonchev–Trinajstić information content (AvgIpc) is 3.12. The van der Waals surface area contributed by atoms with Gasteiger partial charge in [-0.2, -0.15) is 0 Å². The second-order valence-electron chi connectivity index (χ2n) is 7.15. The normalized spacial score (nSPS) is 11.6. The summed E-state index contributed by atoms with van der Waals surface area (Å²) < 4.78 is 12.9. The van der Waals surface area contributed by atoms with Crippen molar-refractivity contribution < 1.29 is 9.47 Å². The highest BCUT2D eigenvalue weighted by Gasteiger charge is 2.10. The predicted octanol–water partition coefficient (Wildman–Crippen LogP) is 2.81. The van der Waals surface area contributed by atoms with Gasteiger partial charge < -0.3 is 24.3 Å². The van der Waals surface area contributed by atoms with Gasteiger partial charge in [0.2, 0.25) is 0 Å². The van der Waals surface area contributed by atoms with Gasteiger partial charge in [-0.05, 0) is 30.0 Å². The van der Waals surface area contributed by atoms with Crippen molar-refractivity contribution >= 4 is 5.96 Å². The molecule has 0 aliphatic rings. The number of imidazole rings is 1. The Balaban J connectivity index is 1.92. The summed E-state index contributed by atoms with van der Waals surface area (Å²) in [5.74, 6) is 3.94. The Kier molecular flexibility index (Phi) is 8.17. The molecule has 0 saturated heterocycles. The van der Waals surface area contributed by atoms with E-state index in [1.54, 1.807) is 21.3 Å². The summed E-state index contributed by atoms with van der Waals surface area (Å²) >= 11 is 0. The first kappa shape index (κ1) is 21.6. The van der Waals surface area contributed by atoms with Crippen LogP contribution in [0, 0.1) is 5.92 Å². The van der Waals surface area contributed by atoms with E-state index in [4.69, 9.17) is 9.47 Å². The maximum absolute atomic E-state index is 5.39. The molecule has 0 bridgehead atoms. The van der Waals surface area contributed by atoms with E-state index >= 15 is 0 Å². The summed E-state index contributed by atoms with van der Waals surface area (Å²) in [5.41, 5.74) is 1.19. The van der Waals surface area contributed by atoms with Crippen LogP contribution in [0.25, 0.3) is 0 Å². The molecular weight excluding hydrogens is 354 g/mol. The molecule has 0 amide bonds. The van der Waals surface area contributed by atoms with Crippen LogP contribution in [0.15, 0.2) is 35.6 Å². The van der Waals surface area contributed by atoms with Crippen molar-refractivity contribution in [2.45, 2.75) is 33.4 Å². The highest BCUT2D eigenvalue weighted by Crippen LogP contribution is 2.27.